The zero-order chi connectivity index (χ0) is 16.4. The van der Waals surface area contributed by atoms with Gasteiger partial charge in [0.15, 0.2) is 11.5 Å². The molecule has 3 rings (SSSR count). The normalized spacial score (nSPS) is 20.8. The Balaban J connectivity index is 1.79. The van der Waals surface area contributed by atoms with Crippen LogP contribution in [0.2, 0.25) is 0 Å². The Hall–Kier alpha value is -2.61. The molecule has 0 bridgehead atoms. The van der Waals surface area contributed by atoms with Gasteiger partial charge in [-0.05, 0) is 18.6 Å². The molecule has 0 aromatic carbocycles. The summed E-state index contributed by atoms with van der Waals surface area (Å²) in [5.41, 5.74) is 0.114. The van der Waals surface area contributed by atoms with Crippen LogP contribution >= 0.6 is 0 Å². The zero-order valence-corrected chi connectivity index (χ0v) is 12.5. The van der Waals surface area contributed by atoms with E-state index in [1.165, 1.54) is 17.2 Å². The number of likely N-dealkylation sites (tertiary alicyclic amines) is 1. The summed E-state index contributed by atoms with van der Waals surface area (Å²) in [6, 6.07) is 4.46. The first-order valence-corrected chi connectivity index (χ1v) is 7.14. The van der Waals surface area contributed by atoms with E-state index in [2.05, 4.69) is 5.16 Å². The molecule has 122 valence electrons. The fourth-order valence-corrected chi connectivity index (χ4v) is 2.75. The van der Waals surface area contributed by atoms with Gasteiger partial charge in [0.05, 0.1) is 18.8 Å². The molecule has 1 N–H and O–H groups in total. The maximum Gasteiger partial charge on any atom is 0.305 e. The van der Waals surface area contributed by atoms with Crippen molar-refractivity contribution in [1.82, 2.24) is 10.1 Å². The van der Waals surface area contributed by atoms with E-state index >= 15 is 0 Å². The van der Waals surface area contributed by atoms with Crippen LogP contribution in [0.4, 0.5) is 0 Å². The van der Waals surface area contributed by atoms with Crippen LogP contribution in [-0.2, 0) is 9.53 Å². The highest BCUT2D eigenvalue weighted by Crippen LogP contribution is 2.26. The summed E-state index contributed by atoms with van der Waals surface area (Å²) < 4.78 is 15.6. The van der Waals surface area contributed by atoms with E-state index in [0.29, 0.717) is 24.5 Å². The lowest BCUT2D eigenvalue weighted by molar-refractivity contribution is -0.138. The van der Waals surface area contributed by atoms with Gasteiger partial charge in [0, 0.05) is 25.8 Å². The second-order valence-corrected chi connectivity index (χ2v) is 5.36. The first-order valence-electron chi connectivity index (χ1n) is 7.14. The predicted octanol–water partition coefficient (Wildman–Crippen LogP) is 1.64. The third kappa shape index (κ3) is 3.11. The molecule has 1 aliphatic rings. The van der Waals surface area contributed by atoms with Crippen molar-refractivity contribution in [2.45, 2.75) is 25.0 Å². The van der Waals surface area contributed by atoms with Crippen molar-refractivity contribution in [1.29, 1.82) is 0 Å². The zero-order valence-electron chi connectivity index (χ0n) is 12.5. The lowest BCUT2D eigenvalue weighted by Crippen LogP contribution is -2.37. The number of methoxy groups -OCH3 is 1. The Kier molecular flexibility index (Phi) is 4.16. The molecular formula is C15H16N2O6. The fraction of sp³-hybridized carbons (Fsp3) is 0.400. The van der Waals surface area contributed by atoms with E-state index in [4.69, 9.17) is 18.8 Å². The Bertz CT molecular complexity index is 693. The highest BCUT2D eigenvalue weighted by molar-refractivity contribution is 5.93. The van der Waals surface area contributed by atoms with Gasteiger partial charge in [-0.15, -0.1) is 0 Å². The van der Waals surface area contributed by atoms with E-state index in [0.717, 1.165) is 0 Å². The molecule has 23 heavy (non-hydrogen) atoms. The molecule has 2 aromatic rings. The number of carboxylic acids is 1. The van der Waals surface area contributed by atoms with E-state index in [1.807, 2.05) is 0 Å². The van der Waals surface area contributed by atoms with Gasteiger partial charge in [-0.1, -0.05) is 5.16 Å². The van der Waals surface area contributed by atoms with Crippen LogP contribution in [0.5, 0.6) is 0 Å². The second-order valence-electron chi connectivity index (χ2n) is 5.36. The first kappa shape index (κ1) is 15.3. The summed E-state index contributed by atoms with van der Waals surface area (Å²) in [6.07, 6.45) is 1.66. The largest absolute Gasteiger partial charge is 0.481 e. The van der Waals surface area contributed by atoms with Crippen LogP contribution < -0.4 is 0 Å². The van der Waals surface area contributed by atoms with Crippen molar-refractivity contribution in [2.75, 3.05) is 13.7 Å². The summed E-state index contributed by atoms with van der Waals surface area (Å²) in [7, 11) is 1.54. The number of aliphatic carboxylic acids is 1. The standard InChI is InChI=1S/C15H16N2O6/c1-21-10-5-9(6-14(18)19)17(8-10)15(20)11-7-13(23-16-11)12-3-2-4-22-12/h2-4,7,9-10H,5-6,8H2,1H3,(H,18,19). The van der Waals surface area contributed by atoms with Crippen LogP contribution in [0.3, 0.4) is 0 Å². The molecule has 0 saturated carbocycles. The number of aromatic nitrogens is 1. The van der Waals surface area contributed by atoms with Crippen molar-refractivity contribution in [3.8, 4) is 11.5 Å². The highest BCUT2D eigenvalue weighted by atomic mass is 16.5. The average molecular weight is 320 g/mol. The van der Waals surface area contributed by atoms with Gasteiger partial charge >= 0.3 is 5.97 Å². The first-order chi connectivity index (χ1) is 11.1. The summed E-state index contributed by atoms with van der Waals surface area (Å²) in [5, 5.41) is 12.8. The fourth-order valence-electron chi connectivity index (χ4n) is 2.75. The lowest BCUT2D eigenvalue weighted by atomic mass is 10.1. The molecule has 3 heterocycles. The molecule has 8 nitrogen and oxygen atoms in total. The number of carbonyl (C=O) groups is 2. The van der Waals surface area contributed by atoms with Gasteiger partial charge in [0.2, 0.25) is 5.76 Å². The molecule has 1 saturated heterocycles. The SMILES string of the molecule is COC1CC(CC(=O)O)N(C(=O)c2cc(-c3ccco3)on2)C1. The third-order valence-electron chi connectivity index (χ3n) is 3.87. The minimum atomic E-state index is -0.957. The topological polar surface area (TPSA) is 106 Å². The van der Waals surface area contributed by atoms with Crippen LogP contribution in [0.25, 0.3) is 11.5 Å². The van der Waals surface area contributed by atoms with E-state index in [1.54, 1.807) is 19.2 Å². The molecule has 1 amide bonds. The van der Waals surface area contributed by atoms with Crippen molar-refractivity contribution < 1.29 is 28.4 Å². The number of hydrogen-bond donors (Lipinski definition) is 1. The Morgan fingerprint density at radius 2 is 2.30 bits per heavy atom. The van der Waals surface area contributed by atoms with Gasteiger partial charge < -0.3 is 23.7 Å². The van der Waals surface area contributed by atoms with E-state index < -0.39 is 12.0 Å². The van der Waals surface area contributed by atoms with Crippen molar-refractivity contribution in [3.05, 3.63) is 30.2 Å². The number of nitrogens with zero attached hydrogens (tertiary/aromatic N) is 2. The molecule has 1 fully saturated rings. The molecule has 1 aliphatic heterocycles. The summed E-state index contributed by atoms with van der Waals surface area (Å²) >= 11 is 0. The van der Waals surface area contributed by atoms with Crippen molar-refractivity contribution in [2.24, 2.45) is 0 Å². The lowest BCUT2D eigenvalue weighted by Gasteiger charge is -2.21. The Morgan fingerprint density at radius 1 is 1.48 bits per heavy atom. The van der Waals surface area contributed by atoms with Crippen LogP contribution in [0, 0.1) is 0 Å². The number of rotatable bonds is 5. The Morgan fingerprint density at radius 3 is 2.96 bits per heavy atom. The number of hydrogen-bond acceptors (Lipinski definition) is 6. The minimum Gasteiger partial charge on any atom is -0.481 e. The average Bonchev–Trinajstić information content (AvgIpc) is 3.25. The van der Waals surface area contributed by atoms with Gasteiger partial charge in [0.1, 0.15) is 0 Å². The van der Waals surface area contributed by atoms with Gasteiger partial charge in [0.25, 0.3) is 5.91 Å². The number of carboxylic acid groups (broad SMARTS) is 1. The van der Waals surface area contributed by atoms with Gasteiger partial charge in [-0.3, -0.25) is 9.59 Å². The number of amides is 1. The summed E-state index contributed by atoms with van der Waals surface area (Å²) in [4.78, 5) is 25.1. The molecule has 0 radical (unpaired) electrons. The monoisotopic (exact) mass is 320 g/mol. The molecular weight excluding hydrogens is 304 g/mol. The highest BCUT2D eigenvalue weighted by Gasteiger charge is 2.38. The predicted molar refractivity (Wildman–Crippen MR) is 76.7 cm³/mol. The third-order valence-corrected chi connectivity index (χ3v) is 3.87. The quantitative estimate of drug-likeness (QED) is 0.892. The molecule has 2 aromatic heterocycles. The molecule has 0 aliphatic carbocycles. The van der Waals surface area contributed by atoms with Crippen LogP contribution in [0.1, 0.15) is 23.3 Å². The summed E-state index contributed by atoms with van der Waals surface area (Å²) in [6.45, 7) is 0.330. The number of carbonyl (C=O) groups excluding carboxylic acids is 1. The molecule has 2 unspecified atom stereocenters. The van der Waals surface area contributed by atoms with Gasteiger partial charge in [-0.2, -0.15) is 0 Å². The number of furan rings is 1. The second kappa shape index (κ2) is 6.25. The maximum atomic E-state index is 12.6. The van der Waals surface area contributed by atoms with Crippen LogP contribution in [0.15, 0.2) is 33.4 Å². The Labute approximate surface area is 131 Å². The van der Waals surface area contributed by atoms with Crippen LogP contribution in [-0.4, -0.2) is 52.8 Å². The number of ether oxygens (including phenoxy) is 1. The molecule has 8 heteroatoms. The summed E-state index contributed by atoms with van der Waals surface area (Å²) in [5.74, 6) is -0.524. The maximum absolute atomic E-state index is 12.6. The van der Waals surface area contributed by atoms with Crippen molar-refractivity contribution >= 4 is 11.9 Å². The smallest absolute Gasteiger partial charge is 0.305 e. The molecule has 2 atom stereocenters. The van der Waals surface area contributed by atoms with Crippen molar-refractivity contribution in [3.63, 3.8) is 0 Å². The van der Waals surface area contributed by atoms with E-state index in [-0.39, 0.29) is 24.1 Å². The molecule has 0 spiro atoms. The van der Waals surface area contributed by atoms with Gasteiger partial charge in [-0.25, -0.2) is 0 Å². The minimum absolute atomic E-state index is 0.114. The van der Waals surface area contributed by atoms with E-state index in [9.17, 15) is 9.59 Å².